The molecule has 1 aromatic heterocycles. The number of aromatic amines is 1. The number of aromatic nitrogens is 2. The number of carbonyl (C=O) groups excluding carboxylic acids is 1. The monoisotopic (exact) mass is 183 g/mol. The van der Waals surface area contributed by atoms with Crippen LogP contribution in [-0.2, 0) is 11.3 Å². The van der Waals surface area contributed by atoms with E-state index in [1.54, 1.807) is 13.0 Å². The Bertz CT molecular complexity index is 363. The van der Waals surface area contributed by atoms with Crippen molar-refractivity contribution >= 4 is 5.91 Å². The molecule has 1 aromatic rings. The molecule has 0 fully saturated rings. The van der Waals surface area contributed by atoms with E-state index in [9.17, 15) is 9.59 Å². The Morgan fingerprint density at radius 1 is 1.77 bits per heavy atom. The fourth-order valence-corrected chi connectivity index (χ4v) is 0.718. The van der Waals surface area contributed by atoms with Gasteiger partial charge in [0, 0.05) is 0 Å². The largest absolute Gasteiger partial charge is 0.438 e. The molecule has 0 unspecified atom stereocenters. The third-order valence-electron chi connectivity index (χ3n) is 1.23. The lowest BCUT2D eigenvalue weighted by atomic mass is 10.5. The number of carbonyl (C=O) groups is 1. The van der Waals surface area contributed by atoms with E-state index in [-0.39, 0.29) is 12.5 Å². The maximum atomic E-state index is 10.9. The smallest absolute Gasteiger partial charge is 0.345 e. The molecule has 0 saturated heterocycles. The van der Waals surface area contributed by atoms with Gasteiger partial charge in [-0.25, -0.2) is 4.79 Å². The van der Waals surface area contributed by atoms with E-state index in [4.69, 9.17) is 0 Å². The van der Waals surface area contributed by atoms with Gasteiger partial charge in [0.05, 0.1) is 6.54 Å². The predicted octanol–water partition coefficient (Wildman–Crippen LogP) is -0.445. The van der Waals surface area contributed by atoms with Crippen LogP contribution in [0.1, 0.15) is 12.7 Å². The number of amides is 1. The Balaban J connectivity index is 2.43. The van der Waals surface area contributed by atoms with Crippen molar-refractivity contribution in [1.82, 2.24) is 15.5 Å². The first-order valence-corrected chi connectivity index (χ1v) is 3.68. The minimum Gasteiger partial charge on any atom is -0.345 e. The molecular formula is C7H9N3O3. The molecule has 2 N–H and O–H groups in total. The van der Waals surface area contributed by atoms with Crippen LogP contribution in [0.4, 0.5) is 0 Å². The second-order valence-electron chi connectivity index (χ2n) is 2.26. The maximum absolute atomic E-state index is 10.9. The van der Waals surface area contributed by atoms with Gasteiger partial charge in [-0.1, -0.05) is 11.2 Å². The molecule has 0 saturated carbocycles. The molecule has 1 rings (SSSR count). The third-order valence-corrected chi connectivity index (χ3v) is 1.23. The van der Waals surface area contributed by atoms with Crippen LogP contribution >= 0.6 is 0 Å². The van der Waals surface area contributed by atoms with Gasteiger partial charge < -0.3 is 5.32 Å². The number of hydrogen-bond acceptors (Lipinski definition) is 4. The minimum absolute atomic E-state index is 0.148. The van der Waals surface area contributed by atoms with Crippen molar-refractivity contribution in [1.29, 1.82) is 0 Å². The minimum atomic E-state index is -0.629. The van der Waals surface area contributed by atoms with Gasteiger partial charge in [-0.15, -0.1) is 0 Å². The van der Waals surface area contributed by atoms with Crippen LogP contribution in [0.3, 0.4) is 0 Å². The molecule has 0 aliphatic carbocycles. The Morgan fingerprint density at radius 3 is 3.08 bits per heavy atom. The second kappa shape index (κ2) is 4.24. The van der Waals surface area contributed by atoms with E-state index in [0.717, 1.165) is 0 Å². The van der Waals surface area contributed by atoms with Crippen LogP contribution in [0.5, 0.6) is 0 Å². The highest BCUT2D eigenvalue weighted by Crippen LogP contribution is 1.82. The molecule has 6 nitrogen and oxygen atoms in total. The van der Waals surface area contributed by atoms with Crippen LogP contribution in [0.2, 0.25) is 0 Å². The molecule has 0 radical (unpaired) electrons. The van der Waals surface area contributed by atoms with Gasteiger partial charge in [0.25, 0.3) is 0 Å². The van der Waals surface area contributed by atoms with Crippen LogP contribution in [0.25, 0.3) is 0 Å². The first kappa shape index (κ1) is 9.24. The molecule has 6 heteroatoms. The molecule has 13 heavy (non-hydrogen) atoms. The topological polar surface area (TPSA) is 88.0 Å². The Labute approximate surface area is 73.6 Å². The summed E-state index contributed by atoms with van der Waals surface area (Å²) in [5, 5.41) is 5.86. The van der Waals surface area contributed by atoms with Crippen molar-refractivity contribution in [2.75, 3.05) is 0 Å². The lowest BCUT2D eigenvalue weighted by Gasteiger charge is -1.95. The summed E-state index contributed by atoms with van der Waals surface area (Å²) in [6, 6.07) is 0. The molecule has 0 bridgehead atoms. The zero-order valence-corrected chi connectivity index (χ0v) is 7.03. The fourth-order valence-electron chi connectivity index (χ4n) is 0.718. The van der Waals surface area contributed by atoms with Crippen LogP contribution in [0.15, 0.2) is 21.5 Å². The summed E-state index contributed by atoms with van der Waals surface area (Å²) >= 11 is 0. The van der Waals surface area contributed by atoms with E-state index in [1.807, 2.05) is 0 Å². The van der Waals surface area contributed by atoms with Gasteiger partial charge in [-0.2, -0.15) is 0 Å². The standard InChI is InChI=1S/C7H9N3O3/c1-2-3-6(11)8-4-5-9-7(12)13-10-5/h2-3H,4H2,1H3,(H,8,11)(H,9,10,12)/b3-2+. The summed E-state index contributed by atoms with van der Waals surface area (Å²) < 4.78 is 4.23. The Kier molecular flexibility index (Phi) is 3.02. The quantitative estimate of drug-likeness (QED) is 0.621. The van der Waals surface area contributed by atoms with Crippen LogP contribution in [0, 0.1) is 0 Å². The molecule has 0 aliphatic rings. The van der Waals surface area contributed by atoms with E-state index in [1.165, 1.54) is 6.08 Å². The van der Waals surface area contributed by atoms with E-state index >= 15 is 0 Å². The maximum Gasteiger partial charge on any atom is 0.438 e. The normalized spacial score (nSPS) is 10.5. The second-order valence-corrected chi connectivity index (χ2v) is 2.26. The molecule has 0 spiro atoms. The van der Waals surface area contributed by atoms with Gasteiger partial charge in [0.15, 0.2) is 5.82 Å². The van der Waals surface area contributed by atoms with E-state index < -0.39 is 5.76 Å². The van der Waals surface area contributed by atoms with Crippen molar-refractivity contribution in [2.45, 2.75) is 13.5 Å². The average Bonchev–Trinajstić information content (AvgIpc) is 2.49. The molecule has 70 valence electrons. The van der Waals surface area contributed by atoms with Crippen molar-refractivity contribution < 1.29 is 9.32 Å². The van der Waals surface area contributed by atoms with Gasteiger partial charge >= 0.3 is 5.76 Å². The van der Waals surface area contributed by atoms with Gasteiger partial charge in [0.2, 0.25) is 5.91 Å². The molecule has 1 heterocycles. The van der Waals surface area contributed by atoms with Crippen molar-refractivity contribution in [3.05, 3.63) is 28.5 Å². The first-order chi connectivity index (χ1) is 6.22. The summed E-state index contributed by atoms with van der Waals surface area (Å²) in [4.78, 5) is 23.6. The van der Waals surface area contributed by atoms with Gasteiger partial charge in [-0.3, -0.25) is 14.3 Å². The van der Waals surface area contributed by atoms with Gasteiger partial charge in [0.1, 0.15) is 0 Å². The highest BCUT2D eigenvalue weighted by molar-refractivity contribution is 5.87. The number of rotatable bonds is 3. The fraction of sp³-hybridized carbons (Fsp3) is 0.286. The number of H-pyrrole nitrogens is 1. The molecule has 1 amide bonds. The van der Waals surface area contributed by atoms with Crippen LogP contribution < -0.4 is 11.1 Å². The summed E-state index contributed by atoms with van der Waals surface area (Å²) in [5.41, 5.74) is 0. The van der Waals surface area contributed by atoms with Crippen LogP contribution in [-0.4, -0.2) is 16.0 Å². The lowest BCUT2D eigenvalue weighted by molar-refractivity contribution is -0.116. The van der Waals surface area contributed by atoms with Crippen molar-refractivity contribution in [2.24, 2.45) is 0 Å². The highest BCUT2D eigenvalue weighted by atomic mass is 16.5. The number of nitrogens with zero attached hydrogens (tertiary/aromatic N) is 1. The molecule has 0 atom stereocenters. The Hall–Kier alpha value is -1.85. The zero-order valence-electron chi connectivity index (χ0n) is 7.03. The summed E-state index contributed by atoms with van der Waals surface area (Å²) in [5.74, 6) is -0.579. The lowest BCUT2D eigenvalue weighted by Crippen LogP contribution is -2.21. The molecular weight excluding hydrogens is 174 g/mol. The van der Waals surface area contributed by atoms with Gasteiger partial charge in [-0.05, 0) is 13.0 Å². The predicted molar refractivity (Wildman–Crippen MR) is 43.8 cm³/mol. The summed E-state index contributed by atoms with van der Waals surface area (Å²) in [7, 11) is 0. The highest BCUT2D eigenvalue weighted by Gasteiger charge is 2.00. The zero-order chi connectivity index (χ0) is 9.68. The molecule has 0 aromatic carbocycles. The Morgan fingerprint density at radius 2 is 2.54 bits per heavy atom. The van der Waals surface area contributed by atoms with E-state index in [0.29, 0.717) is 5.82 Å². The van der Waals surface area contributed by atoms with E-state index in [2.05, 4.69) is 20.0 Å². The number of nitrogens with one attached hydrogen (secondary N) is 2. The van der Waals surface area contributed by atoms with Crippen molar-refractivity contribution in [3.63, 3.8) is 0 Å². The number of hydrogen-bond donors (Lipinski definition) is 2. The average molecular weight is 183 g/mol. The molecule has 0 aliphatic heterocycles. The summed E-state index contributed by atoms with van der Waals surface area (Å²) in [6.07, 6.45) is 2.99. The SMILES string of the molecule is C/C=C/C(=O)NCc1noc(=O)[nH]1. The number of allylic oxidation sites excluding steroid dienone is 1. The van der Waals surface area contributed by atoms with Crippen molar-refractivity contribution in [3.8, 4) is 0 Å². The summed E-state index contributed by atoms with van der Waals surface area (Å²) in [6.45, 7) is 1.88. The first-order valence-electron chi connectivity index (χ1n) is 3.68. The third kappa shape index (κ3) is 2.94.